The minimum absolute atomic E-state index is 0.0568. The highest BCUT2D eigenvalue weighted by Crippen LogP contribution is 2.34. The first-order chi connectivity index (χ1) is 26.7. The van der Waals surface area contributed by atoms with Crippen LogP contribution >= 0.6 is 0 Å². The summed E-state index contributed by atoms with van der Waals surface area (Å²) in [6, 6.07) is 16.5. The number of fused-ring (bicyclic) bond motifs is 1. The fourth-order valence-electron chi connectivity index (χ4n) is 6.51. The number of benzene rings is 2. The topological polar surface area (TPSA) is 100 Å². The third kappa shape index (κ3) is 11.4. The molecule has 1 N–H and O–H groups in total. The number of ether oxygens (including phenoxy) is 3. The first-order valence-corrected chi connectivity index (χ1v) is 19.2. The molecule has 2 fully saturated rings. The molecule has 55 heavy (non-hydrogen) atoms. The lowest BCUT2D eigenvalue weighted by atomic mass is 10.0. The van der Waals surface area contributed by atoms with Gasteiger partial charge in [0.05, 0.1) is 55.9 Å². The second kappa shape index (κ2) is 19.5. The fourth-order valence-corrected chi connectivity index (χ4v) is 6.51. The number of nitrogens with one attached hydrogen (secondary N) is 1. The SMILES string of the molecule is C1CCC1.CNCCOCc1ccc(COCCOC2CCN(Cc3cc(C(F)(F)F)c4cn(-c5cccc(Cc6nncn6C)c5)c(=O)n4c3)CC2)cc1. The van der Waals surface area contributed by atoms with Crippen LogP contribution < -0.4 is 11.0 Å². The van der Waals surface area contributed by atoms with E-state index in [-0.39, 0.29) is 11.6 Å². The molecule has 296 valence electrons. The van der Waals surface area contributed by atoms with E-state index in [9.17, 15) is 18.0 Å². The van der Waals surface area contributed by atoms with Crippen molar-refractivity contribution in [3.63, 3.8) is 0 Å². The van der Waals surface area contributed by atoms with Crippen molar-refractivity contribution in [3.05, 3.63) is 117 Å². The Bertz CT molecular complexity index is 1990. The third-order valence-electron chi connectivity index (χ3n) is 10.1. The van der Waals surface area contributed by atoms with Gasteiger partial charge >= 0.3 is 11.9 Å². The van der Waals surface area contributed by atoms with Gasteiger partial charge in [0.25, 0.3) is 0 Å². The van der Waals surface area contributed by atoms with Gasteiger partial charge < -0.3 is 24.1 Å². The zero-order chi connectivity index (χ0) is 38.6. The summed E-state index contributed by atoms with van der Waals surface area (Å²) in [6.45, 7) is 5.13. The van der Waals surface area contributed by atoms with Crippen LogP contribution in [-0.2, 0) is 53.6 Å². The number of halogens is 3. The molecule has 1 saturated carbocycles. The largest absolute Gasteiger partial charge is 0.418 e. The molecule has 1 aliphatic heterocycles. The number of aryl methyl sites for hydroxylation is 1. The van der Waals surface area contributed by atoms with E-state index in [0.717, 1.165) is 52.4 Å². The first kappa shape index (κ1) is 40.3. The van der Waals surface area contributed by atoms with Gasteiger partial charge in [-0.2, -0.15) is 13.2 Å². The van der Waals surface area contributed by atoms with E-state index < -0.39 is 17.4 Å². The Labute approximate surface area is 320 Å². The summed E-state index contributed by atoms with van der Waals surface area (Å²) in [7, 11) is 3.73. The molecular weight excluding hydrogens is 711 g/mol. The van der Waals surface area contributed by atoms with Crippen molar-refractivity contribution in [1.29, 1.82) is 0 Å². The molecule has 7 rings (SSSR count). The zero-order valence-electron chi connectivity index (χ0n) is 31.8. The molecule has 0 radical (unpaired) electrons. The van der Waals surface area contributed by atoms with Crippen molar-refractivity contribution in [3.8, 4) is 5.69 Å². The van der Waals surface area contributed by atoms with Gasteiger partial charge in [-0.1, -0.05) is 62.1 Å². The number of piperidine rings is 1. The molecule has 3 aromatic heterocycles. The maximum Gasteiger partial charge on any atom is 0.418 e. The van der Waals surface area contributed by atoms with E-state index in [1.54, 1.807) is 29.1 Å². The summed E-state index contributed by atoms with van der Waals surface area (Å²) < 4.78 is 64.7. The molecule has 0 atom stereocenters. The number of likely N-dealkylation sites (tertiary alicyclic amines) is 1. The highest BCUT2D eigenvalue weighted by atomic mass is 19.4. The quantitative estimate of drug-likeness (QED) is 0.117. The molecule has 4 heterocycles. The number of imidazole rings is 1. The number of rotatable bonds is 16. The van der Waals surface area contributed by atoms with Gasteiger partial charge in [-0.25, -0.2) is 4.79 Å². The summed E-state index contributed by atoms with van der Waals surface area (Å²) in [4.78, 5) is 15.7. The number of pyridine rings is 1. The number of hydrogen-bond donors (Lipinski definition) is 1. The number of aromatic nitrogens is 5. The van der Waals surface area contributed by atoms with Crippen molar-refractivity contribution in [2.24, 2.45) is 7.05 Å². The maximum atomic E-state index is 14.3. The lowest BCUT2D eigenvalue weighted by Gasteiger charge is -2.32. The van der Waals surface area contributed by atoms with Crippen LogP contribution in [0, 0.1) is 0 Å². The Kier molecular flexibility index (Phi) is 14.3. The molecule has 5 aromatic rings. The van der Waals surface area contributed by atoms with Gasteiger partial charge in [0.2, 0.25) is 0 Å². The maximum absolute atomic E-state index is 14.3. The van der Waals surface area contributed by atoms with E-state index in [1.165, 1.54) is 42.6 Å². The fraction of sp³-hybridized carbons (Fsp3) is 0.488. The Morgan fingerprint density at radius 1 is 0.855 bits per heavy atom. The molecule has 11 nitrogen and oxygen atoms in total. The molecule has 2 aliphatic rings. The third-order valence-corrected chi connectivity index (χ3v) is 10.1. The van der Waals surface area contributed by atoms with Crippen molar-refractivity contribution in [2.75, 3.05) is 46.5 Å². The van der Waals surface area contributed by atoms with Gasteiger partial charge in [-0.3, -0.25) is 13.9 Å². The Morgan fingerprint density at radius 2 is 1.55 bits per heavy atom. The van der Waals surface area contributed by atoms with Gasteiger partial charge in [0, 0.05) is 52.0 Å². The average Bonchev–Trinajstić information content (AvgIpc) is 3.71. The van der Waals surface area contributed by atoms with Gasteiger partial charge in [0.1, 0.15) is 12.2 Å². The molecule has 0 unspecified atom stereocenters. The summed E-state index contributed by atoms with van der Waals surface area (Å²) in [6.07, 6.45) is 7.79. The highest BCUT2D eigenvalue weighted by molar-refractivity contribution is 5.58. The Balaban J connectivity index is 0.00000121. The zero-order valence-corrected chi connectivity index (χ0v) is 31.8. The molecule has 0 amide bonds. The second-order valence-corrected chi connectivity index (χ2v) is 14.3. The normalized spacial score (nSPS) is 15.2. The summed E-state index contributed by atoms with van der Waals surface area (Å²) in [5, 5.41) is 11.0. The number of nitrogens with zero attached hydrogens (tertiary/aromatic N) is 6. The molecule has 0 spiro atoms. The molecule has 0 bridgehead atoms. The van der Waals surface area contributed by atoms with Crippen molar-refractivity contribution < 1.29 is 27.4 Å². The van der Waals surface area contributed by atoms with E-state index in [2.05, 4.69) is 20.4 Å². The van der Waals surface area contributed by atoms with Gasteiger partial charge in [0.15, 0.2) is 0 Å². The second-order valence-electron chi connectivity index (χ2n) is 14.3. The van der Waals surface area contributed by atoms with Crippen LogP contribution in [-0.4, -0.2) is 81.2 Å². The summed E-state index contributed by atoms with van der Waals surface area (Å²) >= 11 is 0. The van der Waals surface area contributed by atoms with Crippen molar-refractivity contribution >= 4 is 5.52 Å². The Hall–Kier alpha value is -4.34. The van der Waals surface area contributed by atoms with Gasteiger partial charge in [-0.15, -0.1) is 10.2 Å². The lowest BCUT2D eigenvalue weighted by Crippen LogP contribution is -2.37. The molecule has 14 heteroatoms. The van der Waals surface area contributed by atoms with E-state index in [1.807, 2.05) is 44.4 Å². The van der Waals surface area contributed by atoms with Crippen LogP contribution in [0.5, 0.6) is 0 Å². The van der Waals surface area contributed by atoms with Crippen LogP contribution in [0.2, 0.25) is 0 Å². The first-order valence-electron chi connectivity index (χ1n) is 19.2. The van der Waals surface area contributed by atoms with Crippen molar-refractivity contribution in [1.82, 2.24) is 33.9 Å². The van der Waals surface area contributed by atoms with Crippen LogP contribution in [0.4, 0.5) is 13.2 Å². The van der Waals surface area contributed by atoms with Crippen LogP contribution in [0.1, 0.15) is 72.2 Å². The predicted molar refractivity (Wildman–Crippen MR) is 204 cm³/mol. The molecular formula is C41H52F3N7O4. The van der Waals surface area contributed by atoms with E-state index in [4.69, 9.17) is 14.2 Å². The van der Waals surface area contributed by atoms with Crippen LogP contribution in [0.3, 0.4) is 0 Å². The van der Waals surface area contributed by atoms with Crippen molar-refractivity contribution in [2.45, 2.75) is 77.0 Å². The minimum Gasteiger partial charge on any atom is -0.376 e. The molecule has 1 aliphatic carbocycles. The predicted octanol–water partition coefficient (Wildman–Crippen LogP) is 6.32. The molecule has 2 aromatic carbocycles. The minimum atomic E-state index is -4.64. The number of likely N-dealkylation sites (N-methyl/N-ethyl adjacent to an activating group) is 1. The Morgan fingerprint density at radius 3 is 2.16 bits per heavy atom. The van der Waals surface area contributed by atoms with E-state index in [0.29, 0.717) is 70.3 Å². The van der Waals surface area contributed by atoms with Crippen LogP contribution in [0.25, 0.3) is 11.2 Å². The monoisotopic (exact) mass is 763 g/mol. The number of alkyl halides is 3. The lowest BCUT2D eigenvalue weighted by molar-refractivity contribution is -0.136. The summed E-state index contributed by atoms with van der Waals surface area (Å²) in [5.74, 6) is 0.728. The van der Waals surface area contributed by atoms with E-state index >= 15 is 0 Å². The summed E-state index contributed by atoms with van der Waals surface area (Å²) in [5.41, 5.74) is 2.36. The standard InChI is InChI=1S/C37H44F3N7O4.C4H8/c1-41-12-15-49-24-27-6-8-28(9-7-27)25-50-16-17-51-32-10-13-45(14-11-32)21-30-19-33(37(38,39)40)34-23-46(36(48)47(34)22-30)31-5-3-4-29(18-31)20-35-43-42-26-44(35)2;1-2-4-3-1/h3-9,18-19,22-23,26,32,41H,10-17,20-21,24-25H2,1-2H3;1-4H2. The average molecular weight is 764 g/mol. The number of hydrogen-bond acceptors (Lipinski definition) is 8. The highest BCUT2D eigenvalue weighted by Gasteiger charge is 2.35. The molecule has 1 saturated heterocycles. The smallest absolute Gasteiger partial charge is 0.376 e. The van der Waals surface area contributed by atoms with Gasteiger partial charge in [-0.05, 0) is 60.3 Å². The van der Waals surface area contributed by atoms with Crippen LogP contribution in [0.15, 0.2) is 78.1 Å².